The highest BCUT2D eigenvalue weighted by Gasteiger charge is 2.29. The third kappa shape index (κ3) is 8.91. The van der Waals surface area contributed by atoms with Crippen LogP contribution in [0.15, 0.2) is 36.9 Å². The van der Waals surface area contributed by atoms with Crippen LogP contribution in [0.5, 0.6) is 5.75 Å². The van der Waals surface area contributed by atoms with Gasteiger partial charge in [0.05, 0.1) is 0 Å². The lowest BCUT2D eigenvalue weighted by atomic mass is 10.0. The molecule has 2 atom stereocenters. The summed E-state index contributed by atoms with van der Waals surface area (Å²) >= 11 is 0. The van der Waals surface area contributed by atoms with Gasteiger partial charge in [-0.15, -0.1) is 0 Å². The molecule has 0 unspecified atom stereocenters. The van der Waals surface area contributed by atoms with Crippen molar-refractivity contribution in [3.63, 3.8) is 0 Å². The molecule has 0 saturated carbocycles. The molecule has 0 aromatic heterocycles. The topological polar surface area (TPSA) is 132 Å². The number of carbonyl (C=O) groups excluding carboxylic acids is 4. The van der Waals surface area contributed by atoms with Gasteiger partial charge in [0.2, 0.25) is 46.6 Å². The van der Waals surface area contributed by atoms with Crippen molar-refractivity contribution in [1.82, 2.24) is 10.6 Å². The van der Waals surface area contributed by atoms with Crippen molar-refractivity contribution in [3.8, 4) is 5.75 Å². The highest BCUT2D eigenvalue weighted by Crippen LogP contribution is 2.29. The number of hydrogen-bond acceptors (Lipinski definition) is 7. The molecule has 3 N–H and O–H groups in total. The van der Waals surface area contributed by atoms with Gasteiger partial charge >= 0.3 is 12.2 Å². The second-order valence-electron chi connectivity index (χ2n) is 8.71. The molecule has 0 aliphatic heterocycles. The third-order valence-electron chi connectivity index (χ3n) is 5.24. The summed E-state index contributed by atoms with van der Waals surface area (Å²) in [7, 11) is 0. The van der Waals surface area contributed by atoms with Crippen molar-refractivity contribution >= 4 is 29.8 Å². The Morgan fingerprint density at radius 2 is 1.39 bits per heavy atom. The van der Waals surface area contributed by atoms with Gasteiger partial charge in [-0.3, -0.25) is 9.59 Å². The van der Waals surface area contributed by atoms with E-state index in [0.29, 0.717) is 5.56 Å². The van der Waals surface area contributed by atoms with Gasteiger partial charge in [-0.1, -0.05) is 38.6 Å². The molecule has 2 rings (SSSR count). The maximum atomic E-state index is 13.6. The first-order chi connectivity index (χ1) is 19.3. The normalized spacial score (nSPS) is 12.1. The summed E-state index contributed by atoms with van der Waals surface area (Å²) in [4.78, 5) is 48.7. The van der Waals surface area contributed by atoms with Gasteiger partial charge in [-0.05, 0) is 30.5 Å². The van der Waals surface area contributed by atoms with Crippen molar-refractivity contribution < 1.29 is 55.3 Å². The van der Waals surface area contributed by atoms with E-state index in [-0.39, 0.29) is 18.2 Å². The van der Waals surface area contributed by atoms with Crippen LogP contribution in [-0.4, -0.2) is 42.8 Å². The van der Waals surface area contributed by atoms with E-state index < -0.39 is 77.6 Å². The first-order valence-electron chi connectivity index (χ1n) is 11.9. The summed E-state index contributed by atoms with van der Waals surface area (Å²) in [6.07, 6.45) is -1.21. The lowest BCUT2D eigenvalue weighted by Crippen LogP contribution is -2.53. The third-order valence-corrected chi connectivity index (χ3v) is 5.24. The number of ether oxygens (including phenoxy) is 3. The van der Waals surface area contributed by atoms with E-state index in [1.54, 1.807) is 13.8 Å². The summed E-state index contributed by atoms with van der Waals surface area (Å²) in [5.74, 6) is -15.1. The number of benzene rings is 2. The first-order valence-corrected chi connectivity index (χ1v) is 11.9. The van der Waals surface area contributed by atoms with Crippen molar-refractivity contribution in [3.05, 3.63) is 71.6 Å². The van der Waals surface area contributed by atoms with E-state index in [1.165, 1.54) is 37.3 Å². The minimum absolute atomic E-state index is 0.0511. The molecule has 0 aliphatic rings. The predicted molar refractivity (Wildman–Crippen MR) is 133 cm³/mol. The fourth-order valence-electron chi connectivity index (χ4n) is 3.07. The van der Waals surface area contributed by atoms with Gasteiger partial charge in [0.15, 0.2) is 0 Å². The zero-order valence-corrected chi connectivity index (χ0v) is 22.0. The van der Waals surface area contributed by atoms with Crippen LogP contribution in [0, 0.1) is 35.0 Å². The molecule has 0 radical (unpaired) electrons. The summed E-state index contributed by atoms with van der Waals surface area (Å²) in [5, 5.41) is 7.45. The van der Waals surface area contributed by atoms with Crippen LogP contribution in [0.1, 0.15) is 26.3 Å². The van der Waals surface area contributed by atoms with E-state index in [9.17, 15) is 41.1 Å². The molecule has 222 valence electrons. The largest absolute Gasteiger partial charge is 0.514 e. The first kappa shape index (κ1) is 32.5. The van der Waals surface area contributed by atoms with Crippen molar-refractivity contribution in [2.75, 3.05) is 11.9 Å². The molecule has 10 nitrogen and oxygen atoms in total. The van der Waals surface area contributed by atoms with Crippen LogP contribution >= 0.6 is 0 Å². The maximum Gasteiger partial charge on any atom is 0.514 e. The van der Waals surface area contributed by atoms with Crippen LogP contribution in [0.25, 0.3) is 0 Å². The van der Waals surface area contributed by atoms with Crippen molar-refractivity contribution in [2.24, 2.45) is 5.92 Å². The number of alkyl carbamates (subject to hydrolysis) is 1. The highest BCUT2D eigenvalue weighted by atomic mass is 19.2. The second kappa shape index (κ2) is 14.6. The average Bonchev–Trinajstić information content (AvgIpc) is 2.94. The van der Waals surface area contributed by atoms with Crippen LogP contribution in [0.4, 0.5) is 37.2 Å². The summed E-state index contributed by atoms with van der Waals surface area (Å²) in [5.41, 5.74) is 0.572. The van der Waals surface area contributed by atoms with E-state index in [1.807, 2.05) is 0 Å². The summed E-state index contributed by atoms with van der Waals surface area (Å²) in [6.45, 7) is 7.63. The number of rotatable bonds is 11. The Morgan fingerprint density at radius 1 is 0.829 bits per heavy atom. The van der Waals surface area contributed by atoms with Gasteiger partial charge in [0.25, 0.3) is 0 Å². The second-order valence-corrected chi connectivity index (χ2v) is 8.71. The lowest BCUT2D eigenvalue weighted by Gasteiger charge is -2.23. The SMILES string of the molecule is C=CCOC(=O)N[C@H](C(=O)N[C@@H](C)C(=O)Nc1ccc(COC(=O)Oc2c(F)c(F)c(F)c(F)c2F)cc1)C(C)C. The highest BCUT2D eigenvalue weighted by molar-refractivity contribution is 5.98. The van der Waals surface area contributed by atoms with Gasteiger partial charge in [-0.2, -0.15) is 8.78 Å². The smallest absolute Gasteiger partial charge is 0.445 e. The molecule has 2 aromatic carbocycles. The number of nitrogens with one attached hydrogen (secondary N) is 3. The predicted octanol–water partition coefficient (Wildman–Crippen LogP) is 4.48. The summed E-state index contributed by atoms with van der Waals surface area (Å²) in [6, 6.07) is 3.57. The van der Waals surface area contributed by atoms with Crippen LogP contribution in [0.2, 0.25) is 0 Å². The maximum absolute atomic E-state index is 13.6. The minimum atomic E-state index is -2.41. The van der Waals surface area contributed by atoms with Crippen LogP contribution in [-0.2, 0) is 25.7 Å². The number of carbonyl (C=O) groups is 4. The average molecular weight is 587 g/mol. The molecule has 0 heterocycles. The number of amides is 3. The van der Waals surface area contributed by atoms with Gasteiger partial charge in [0, 0.05) is 5.69 Å². The fourth-order valence-corrected chi connectivity index (χ4v) is 3.07. The lowest BCUT2D eigenvalue weighted by molar-refractivity contribution is -0.128. The van der Waals surface area contributed by atoms with E-state index in [4.69, 9.17) is 4.74 Å². The zero-order chi connectivity index (χ0) is 30.9. The molecular formula is C26H26F5N3O7. The van der Waals surface area contributed by atoms with Gasteiger partial charge in [0.1, 0.15) is 25.3 Å². The Morgan fingerprint density at radius 3 is 1.93 bits per heavy atom. The number of halogens is 5. The molecule has 0 spiro atoms. The van der Waals surface area contributed by atoms with Crippen LogP contribution < -0.4 is 20.7 Å². The molecule has 0 fully saturated rings. The Bertz CT molecular complexity index is 1280. The Labute approximate surface area is 230 Å². The molecule has 3 amide bonds. The molecular weight excluding hydrogens is 561 g/mol. The molecule has 15 heteroatoms. The van der Waals surface area contributed by atoms with E-state index in [2.05, 4.69) is 32.0 Å². The Balaban J connectivity index is 1.91. The molecule has 0 saturated heterocycles. The monoisotopic (exact) mass is 587 g/mol. The van der Waals surface area contributed by atoms with Crippen molar-refractivity contribution in [1.29, 1.82) is 0 Å². The fraction of sp³-hybridized carbons (Fsp3) is 0.308. The Kier molecular flexibility index (Phi) is 11.6. The summed E-state index contributed by atoms with van der Waals surface area (Å²) < 4.78 is 80.4. The van der Waals surface area contributed by atoms with Gasteiger partial charge < -0.3 is 30.2 Å². The Hall–Kier alpha value is -4.69. The number of anilines is 1. The van der Waals surface area contributed by atoms with Gasteiger partial charge in [-0.25, -0.2) is 22.8 Å². The molecule has 41 heavy (non-hydrogen) atoms. The van der Waals surface area contributed by atoms with E-state index >= 15 is 0 Å². The molecule has 0 bridgehead atoms. The minimum Gasteiger partial charge on any atom is -0.445 e. The van der Waals surface area contributed by atoms with Crippen molar-refractivity contribution in [2.45, 2.75) is 39.5 Å². The zero-order valence-electron chi connectivity index (χ0n) is 22.0. The number of hydrogen-bond donors (Lipinski definition) is 3. The van der Waals surface area contributed by atoms with E-state index in [0.717, 1.165) is 0 Å². The standard InChI is InChI=1S/C26H26F5N3O7/c1-5-10-39-25(37)34-21(12(2)3)24(36)32-13(4)23(35)33-15-8-6-14(7-9-15)11-40-26(38)41-22-19(30)17(28)16(27)18(29)20(22)31/h5-9,12-13,21H,1,10-11H2,2-4H3,(H,32,36)(H,33,35)(H,34,37)/t13-,21-/m0/s1. The molecule has 2 aromatic rings. The molecule has 0 aliphatic carbocycles. The van der Waals surface area contributed by atoms with Crippen LogP contribution in [0.3, 0.4) is 0 Å². The quantitative estimate of drug-likeness (QED) is 0.0883.